The van der Waals surface area contributed by atoms with Gasteiger partial charge in [-0.3, -0.25) is 5.10 Å². The summed E-state index contributed by atoms with van der Waals surface area (Å²) in [6.45, 7) is 0. The Hall–Kier alpha value is -2.40. The second-order valence-electron chi connectivity index (χ2n) is 4.13. The van der Waals surface area contributed by atoms with Crippen molar-refractivity contribution < 1.29 is 4.42 Å². The Bertz CT molecular complexity index is 796. The third-order valence-electron chi connectivity index (χ3n) is 2.89. The van der Waals surface area contributed by atoms with Gasteiger partial charge in [-0.1, -0.05) is 24.3 Å². The molecule has 4 aromatic rings. The predicted octanol–water partition coefficient (Wildman–Crippen LogP) is 3.95. The molecule has 0 bridgehead atoms. The van der Waals surface area contributed by atoms with Crippen LogP contribution in [0.1, 0.15) is 0 Å². The van der Waals surface area contributed by atoms with E-state index in [0.717, 1.165) is 21.7 Å². The number of thiophene rings is 1. The molecule has 0 radical (unpaired) electrons. The van der Waals surface area contributed by atoms with Crippen molar-refractivity contribution in [1.29, 1.82) is 0 Å². The maximum atomic E-state index is 5.74. The van der Waals surface area contributed by atoms with Gasteiger partial charge in [0.1, 0.15) is 5.58 Å². The maximum absolute atomic E-state index is 5.74. The molecule has 1 N–H and O–H groups in total. The van der Waals surface area contributed by atoms with Gasteiger partial charge in [0.15, 0.2) is 11.6 Å². The fourth-order valence-electron chi connectivity index (χ4n) is 1.99. The molecule has 0 aliphatic heterocycles. The van der Waals surface area contributed by atoms with Crippen LogP contribution in [0.25, 0.3) is 33.3 Å². The van der Waals surface area contributed by atoms with Crippen molar-refractivity contribution in [3.05, 3.63) is 47.8 Å². The third kappa shape index (κ3) is 1.75. The van der Waals surface area contributed by atoms with Crippen molar-refractivity contribution in [2.75, 3.05) is 0 Å². The molecule has 92 valence electrons. The van der Waals surface area contributed by atoms with Gasteiger partial charge in [0.05, 0.1) is 4.88 Å². The Morgan fingerprint density at radius 2 is 2.05 bits per heavy atom. The summed E-state index contributed by atoms with van der Waals surface area (Å²) in [5.41, 5.74) is 0.847. The number of H-pyrrole nitrogens is 1. The number of nitrogens with one attached hydrogen (secondary N) is 1. The van der Waals surface area contributed by atoms with Gasteiger partial charge in [-0.05, 0) is 23.6 Å². The highest BCUT2D eigenvalue weighted by Gasteiger charge is 2.12. The number of hydrogen-bond donors (Lipinski definition) is 1. The number of aromatic amines is 1. The van der Waals surface area contributed by atoms with Crippen LogP contribution in [0.4, 0.5) is 0 Å². The largest absolute Gasteiger partial charge is 0.453 e. The minimum Gasteiger partial charge on any atom is -0.453 e. The van der Waals surface area contributed by atoms with Crippen molar-refractivity contribution in [3.8, 4) is 22.3 Å². The van der Waals surface area contributed by atoms with Gasteiger partial charge in [-0.25, -0.2) is 4.98 Å². The predicted molar refractivity (Wildman–Crippen MR) is 74.9 cm³/mol. The second kappa shape index (κ2) is 4.07. The highest BCUT2D eigenvalue weighted by molar-refractivity contribution is 7.13. The van der Waals surface area contributed by atoms with E-state index in [2.05, 4.69) is 15.2 Å². The van der Waals surface area contributed by atoms with Crippen LogP contribution >= 0.6 is 11.3 Å². The number of para-hydroxylation sites is 1. The van der Waals surface area contributed by atoms with Crippen molar-refractivity contribution in [1.82, 2.24) is 15.2 Å². The van der Waals surface area contributed by atoms with Crippen LogP contribution in [-0.4, -0.2) is 15.2 Å². The first-order valence-electron chi connectivity index (χ1n) is 5.85. The van der Waals surface area contributed by atoms with Crippen LogP contribution in [0, 0.1) is 0 Å². The van der Waals surface area contributed by atoms with Crippen LogP contribution in [0.5, 0.6) is 0 Å². The van der Waals surface area contributed by atoms with Crippen LogP contribution < -0.4 is 0 Å². The lowest BCUT2D eigenvalue weighted by Gasteiger charge is -1.86. The zero-order valence-corrected chi connectivity index (χ0v) is 10.6. The third-order valence-corrected chi connectivity index (χ3v) is 3.76. The molecule has 3 aromatic heterocycles. The first kappa shape index (κ1) is 10.5. The zero-order chi connectivity index (χ0) is 12.7. The quantitative estimate of drug-likeness (QED) is 0.598. The molecule has 1 aromatic carbocycles. The van der Waals surface area contributed by atoms with E-state index in [4.69, 9.17) is 4.42 Å². The van der Waals surface area contributed by atoms with E-state index in [0.29, 0.717) is 11.6 Å². The maximum Gasteiger partial charge on any atom is 0.217 e. The Labute approximate surface area is 112 Å². The van der Waals surface area contributed by atoms with Crippen LogP contribution in [-0.2, 0) is 0 Å². The summed E-state index contributed by atoms with van der Waals surface area (Å²) in [5.74, 6) is 2.03. The zero-order valence-electron chi connectivity index (χ0n) is 9.83. The van der Waals surface area contributed by atoms with Gasteiger partial charge in [0, 0.05) is 5.39 Å². The number of nitrogens with zero attached hydrogens (tertiary/aromatic N) is 2. The van der Waals surface area contributed by atoms with Crippen LogP contribution in [0.2, 0.25) is 0 Å². The lowest BCUT2D eigenvalue weighted by atomic mass is 10.2. The summed E-state index contributed by atoms with van der Waals surface area (Å²) in [4.78, 5) is 5.53. The number of rotatable bonds is 2. The van der Waals surface area contributed by atoms with Crippen molar-refractivity contribution >= 4 is 22.3 Å². The van der Waals surface area contributed by atoms with E-state index in [1.165, 1.54) is 0 Å². The average Bonchev–Trinajstić information content (AvgIpc) is 3.17. The van der Waals surface area contributed by atoms with Crippen molar-refractivity contribution in [2.45, 2.75) is 0 Å². The van der Waals surface area contributed by atoms with E-state index < -0.39 is 0 Å². The molecule has 0 saturated carbocycles. The molecule has 0 fully saturated rings. The summed E-state index contributed by atoms with van der Waals surface area (Å²) in [5, 5.41) is 10.2. The number of aromatic nitrogens is 3. The number of furan rings is 1. The molecule has 0 aliphatic carbocycles. The normalized spacial score (nSPS) is 11.2. The van der Waals surface area contributed by atoms with Gasteiger partial charge < -0.3 is 4.42 Å². The summed E-state index contributed by atoms with van der Waals surface area (Å²) >= 11 is 1.63. The fourth-order valence-corrected chi connectivity index (χ4v) is 2.65. The Kier molecular flexibility index (Phi) is 2.25. The second-order valence-corrected chi connectivity index (χ2v) is 5.08. The monoisotopic (exact) mass is 267 g/mol. The molecule has 0 unspecified atom stereocenters. The van der Waals surface area contributed by atoms with Crippen molar-refractivity contribution in [2.24, 2.45) is 0 Å². The SMILES string of the molecule is c1csc(-c2nc(-c3cc4ccccc4o3)n[nH]2)c1. The minimum absolute atomic E-state index is 0.583. The standard InChI is InChI=1S/C14H9N3OS/c1-2-5-10-9(4-1)8-11(18-10)13-15-14(17-16-13)12-6-3-7-19-12/h1-8H,(H,15,16,17). The molecule has 4 rings (SSSR count). The fraction of sp³-hybridized carbons (Fsp3) is 0. The minimum atomic E-state index is 0.583. The van der Waals surface area contributed by atoms with E-state index in [-0.39, 0.29) is 0 Å². The van der Waals surface area contributed by atoms with Crippen LogP contribution in [0.3, 0.4) is 0 Å². The van der Waals surface area contributed by atoms with Gasteiger partial charge in [-0.2, -0.15) is 0 Å². The average molecular weight is 267 g/mol. The lowest BCUT2D eigenvalue weighted by Crippen LogP contribution is -1.75. The highest BCUT2D eigenvalue weighted by atomic mass is 32.1. The Morgan fingerprint density at radius 3 is 2.89 bits per heavy atom. The van der Waals surface area contributed by atoms with Gasteiger partial charge in [0.2, 0.25) is 5.82 Å². The van der Waals surface area contributed by atoms with E-state index >= 15 is 0 Å². The molecule has 0 aliphatic rings. The summed E-state index contributed by atoms with van der Waals surface area (Å²) < 4.78 is 5.74. The van der Waals surface area contributed by atoms with Crippen molar-refractivity contribution in [3.63, 3.8) is 0 Å². The molecule has 19 heavy (non-hydrogen) atoms. The molecular weight excluding hydrogens is 258 g/mol. The van der Waals surface area contributed by atoms with Gasteiger partial charge in [0.25, 0.3) is 0 Å². The summed E-state index contributed by atoms with van der Waals surface area (Å²) in [6.07, 6.45) is 0. The molecule has 0 spiro atoms. The van der Waals surface area contributed by atoms with E-state index in [1.54, 1.807) is 11.3 Å². The topological polar surface area (TPSA) is 54.7 Å². The van der Waals surface area contributed by atoms with Gasteiger partial charge in [-0.15, -0.1) is 16.4 Å². The van der Waals surface area contributed by atoms with E-state index in [1.807, 2.05) is 47.8 Å². The number of hydrogen-bond acceptors (Lipinski definition) is 4. The Morgan fingerprint density at radius 1 is 1.11 bits per heavy atom. The molecule has 0 amide bonds. The smallest absolute Gasteiger partial charge is 0.217 e. The number of benzene rings is 1. The first-order valence-corrected chi connectivity index (χ1v) is 6.73. The summed E-state index contributed by atoms with van der Waals surface area (Å²) in [7, 11) is 0. The van der Waals surface area contributed by atoms with E-state index in [9.17, 15) is 0 Å². The van der Waals surface area contributed by atoms with Crippen LogP contribution in [0.15, 0.2) is 52.3 Å². The highest BCUT2D eigenvalue weighted by Crippen LogP contribution is 2.27. The molecule has 3 heterocycles. The number of fused-ring (bicyclic) bond motifs is 1. The first-order chi connectivity index (χ1) is 9.40. The summed E-state index contributed by atoms with van der Waals surface area (Å²) in [6, 6.07) is 13.8. The Balaban J connectivity index is 1.80. The molecule has 4 nitrogen and oxygen atoms in total. The van der Waals surface area contributed by atoms with Gasteiger partial charge >= 0.3 is 0 Å². The lowest BCUT2D eigenvalue weighted by molar-refractivity contribution is 0.625. The molecule has 5 heteroatoms. The molecule has 0 saturated heterocycles. The molecular formula is C14H9N3OS. The molecule has 0 atom stereocenters.